The third-order valence-corrected chi connectivity index (χ3v) is 2.91. The van der Waals surface area contributed by atoms with Crippen molar-refractivity contribution in [3.8, 4) is 11.6 Å². The molecule has 0 aliphatic rings. The molecule has 0 saturated carbocycles. The first-order chi connectivity index (χ1) is 11.9. The topological polar surface area (TPSA) is 73.3 Å². The van der Waals surface area contributed by atoms with Crippen LogP contribution in [0.15, 0.2) is 30.5 Å². The fraction of sp³-hybridized carbons (Fsp3) is 0.312. The summed E-state index contributed by atoms with van der Waals surface area (Å²) in [4.78, 5) is 18.6. The fourth-order valence-corrected chi connectivity index (χ4v) is 1.91. The first kappa shape index (κ1) is 19.8. The number of carbonyl (C=O) groups excluding carboxylic acids is 1. The SMILES string of the molecule is CC(C)(C)OC(=O)Nc1cccc(Oc2nc(Cl)ncc2C(F)(F)F)c1. The third kappa shape index (κ3) is 5.76. The van der Waals surface area contributed by atoms with Gasteiger partial charge < -0.3 is 9.47 Å². The summed E-state index contributed by atoms with van der Waals surface area (Å²) in [6, 6.07) is 5.73. The summed E-state index contributed by atoms with van der Waals surface area (Å²) in [6.07, 6.45) is -4.89. The minimum Gasteiger partial charge on any atom is -0.444 e. The van der Waals surface area contributed by atoms with Crippen molar-refractivity contribution in [1.82, 2.24) is 9.97 Å². The number of rotatable bonds is 3. The van der Waals surface area contributed by atoms with Gasteiger partial charge in [-0.15, -0.1) is 0 Å². The number of nitrogens with one attached hydrogen (secondary N) is 1. The monoisotopic (exact) mass is 389 g/mol. The van der Waals surface area contributed by atoms with Crippen molar-refractivity contribution in [3.63, 3.8) is 0 Å². The van der Waals surface area contributed by atoms with Gasteiger partial charge in [0.25, 0.3) is 0 Å². The lowest BCUT2D eigenvalue weighted by Gasteiger charge is -2.19. The Bertz CT molecular complexity index is 807. The molecule has 2 rings (SSSR count). The van der Waals surface area contributed by atoms with E-state index in [1.165, 1.54) is 24.3 Å². The molecule has 10 heteroatoms. The van der Waals surface area contributed by atoms with E-state index in [9.17, 15) is 18.0 Å². The lowest BCUT2D eigenvalue weighted by atomic mass is 10.2. The summed E-state index contributed by atoms with van der Waals surface area (Å²) in [5, 5.41) is 2.07. The highest BCUT2D eigenvalue weighted by Gasteiger charge is 2.36. The number of alkyl halides is 3. The average Bonchev–Trinajstić information content (AvgIpc) is 2.44. The molecule has 26 heavy (non-hydrogen) atoms. The number of halogens is 4. The molecule has 1 heterocycles. The van der Waals surface area contributed by atoms with E-state index in [1.807, 2.05) is 0 Å². The van der Waals surface area contributed by atoms with Gasteiger partial charge in [-0.25, -0.2) is 9.78 Å². The summed E-state index contributed by atoms with van der Waals surface area (Å²) in [5.41, 5.74) is -1.60. The highest BCUT2D eigenvalue weighted by Crippen LogP contribution is 2.37. The number of amides is 1. The second kappa shape index (κ2) is 7.36. The number of benzene rings is 1. The molecular formula is C16H15ClF3N3O3. The number of hydrogen-bond acceptors (Lipinski definition) is 5. The van der Waals surface area contributed by atoms with Crippen LogP contribution in [0.25, 0.3) is 0 Å². The predicted octanol–water partition coefficient (Wildman–Crippen LogP) is 5.29. The number of carbonyl (C=O) groups is 1. The van der Waals surface area contributed by atoms with Crippen molar-refractivity contribution in [2.75, 3.05) is 5.32 Å². The number of ether oxygens (including phenoxy) is 2. The van der Waals surface area contributed by atoms with E-state index in [-0.39, 0.29) is 11.4 Å². The molecule has 1 aromatic carbocycles. The van der Waals surface area contributed by atoms with Crippen molar-refractivity contribution in [2.45, 2.75) is 32.5 Å². The molecule has 0 atom stereocenters. The van der Waals surface area contributed by atoms with Crippen molar-refractivity contribution >= 4 is 23.4 Å². The Morgan fingerprint density at radius 1 is 1.23 bits per heavy atom. The second-order valence-corrected chi connectivity index (χ2v) is 6.45. The summed E-state index contributed by atoms with van der Waals surface area (Å²) < 4.78 is 49.3. The van der Waals surface area contributed by atoms with E-state index in [0.717, 1.165) is 0 Å². The van der Waals surface area contributed by atoms with Crippen LogP contribution in [0.4, 0.5) is 23.7 Å². The Hall–Kier alpha value is -2.55. The average molecular weight is 390 g/mol. The van der Waals surface area contributed by atoms with Crippen LogP contribution >= 0.6 is 11.6 Å². The van der Waals surface area contributed by atoms with Crippen molar-refractivity contribution in [3.05, 3.63) is 41.3 Å². The molecule has 0 unspecified atom stereocenters. The van der Waals surface area contributed by atoms with E-state index in [4.69, 9.17) is 21.1 Å². The Morgan fingerprint density at radius 3 is 2.54 bits per heavy atom. The summed E-state index contributed by atoms with van der Waals surface area (Å²) >= 11 is 5.55. The van der Waals surface area contributed by atoms with Gasteiger partial charge in [-0.05, 0) is 44.5 Å². The van der Waals surface area contributed by atoms with E-state index < -0.39 is 34.6 Å². The van der Waals surface area contributed by atoms with Gasteiger partial charge in [0.1, 0.15) is 16.9 Å². The molecule has 0 aliphatic carbocycles. The normalized spacial score (nSPS) is 11.8. The molecule has 140 valence electrons. The first-order valence-corrected chi connectivity index (χ1v) is 7.69. The van der Waals surface area contributed by atoms with Crippen LogP contribution in [0.2, 0.25) is 5.28 Å². The van der Waals surface area contributed by atoms with Crippen molar-refractivity contribution in [2.24, 2.45) is 0 Å². The molecule has 0 saturated heterocycles. The lowest BCUT2D eigenvalue weighted by Crippen LogP contribution is -2.27. The Labute approximate surface area is 152 Å². The van der Waals surface area contributed by atoms with Crippen LogP contribution in [0.3, 0.4) is 0 Å². The van der Waals surface area contributed by atoms with Crippen LogP contribution in [-0.2, 0) is 10.9 Å². The highest BCUT2D eigenvalue weighted by molar-refractivity contribution is 6.28. The minimum atomic E-state index is -4.72. The molecule has 1 N–H and O–H groups in total. The van der Waals surface area contributed by atoms with Crippen molar-refractivity contribution < 1.29 is 27.4 Å². The zero-order chi connectivity index (χ0) is 19.5. The number of anilines is 1. The lowest BCUT2D eigenvalue weighted by molar-refractivity contribution is -0.139. The van der Waals surface area contributed by atoms with E-state index in [0.29, 0.717) is 6.20 Å². The summed E-state index contributed by atoms with van der Waals surface area (Å²) in [5.74, 6) is -0.731. The van der Waals surface area contributed by atoms with Gasteiger partial charge in [0, 0.05) is 18.0 Å². The zero-order valence-corrected chi connectivity index (χ0v) is 14.8. The molecule has 0 spiro atoms. The maximum atomic E-state index is 13.0. The summed E-state index contributed by atoms with van der Waals surface area (Å²) in [7, 11) is 0. The van der Waals surface area contributed by atoms with Crippen LogP contribution in [0.5, 0.6) is 11.6 Å². The molecule has 0 aliphatic heterocycles. The molecule has 0 fully saturated rings. The van der Waals surface area contributed by atoms with Gasteiger partial charge in [0.05, 0.1) is 0 Å². The fourth-order valence-electron chi connectivity index (χ4n) is 1.79. The molecular weight excluding hydrogens is 375 g/mol. The summed E-state index contributed by atoms with van der Waals surface area (Å²) in [6.45, 7) is 5.09. The minimum absolute atomic E-state index is 0.0128. The Morgan fingerprint density at radius 2 is 1.92 bits per heavy atom. The van der Waals surface area contributed by atoms with Gasteiger partial charge in [0.15, 0.2) is 0 Å². The first-order valence-electron chi connectivity index (χ1n) is 7.32. The van der Waals surface area contributed by atoms with Crippen LogP contribution < -0.4 is 10.1 Å². The maximum Gasteiger partial charge on any atom is 0.423 e. The highest BCUT2D eigenvalue weighted by atomic mass is 35.5. The van der Waals surface area contributed by atoms with Gasteiger partial charge in [0.2, 0.25) is 11.2 Å². The third-order valence-electron chi connectivity index (χ3n) is 2.72. The van der Waals surface area contributed by atoms with E-state index in [1.54, 1.807) is 20.8 Å². The van der Waals surface area contributed by atoms with E-state index in [2.05, 4.69) is 15.3 Å². The molecule has 0 bridgehead atoms. The predicted molar refractivity (Wildman–Crippen MR) is 88.4 cm³/mol. The second-order valence-electron chi connectivity index (χ2n) is 6.11. The molecule has 1 amide bonds. The van der Waals surface area contributed by atoms with Crippen LogP contribution in [0, 0.1) is 0 Å². The van der Waals surface area contributed by atoms with Gasteiger partial charge >= 0.3 is 12.3 Å². The van der Waals surface area contributed by atoms with Crippen molar-refractivity contribution in [1.29, 1.82) is 0 Å². The quantitative estimate of drug-likeness (QED) is 0.722. The standard InChI is InChI=1S/C16H15ClF3N3O3/c1-15(2,3)26-14(24)22-9-5-4-6-10(7-9)25-12-11(16(18,19)20)8-21-13(17)23-12/h4-8H,1-3H3,(H,22,24). The number of nitrogens with zero attached hydrogens (tertiary/aromatic N) is 2. The van der Waals surface area contributed by atoms with Gasteiger partial charge in [-0.1, -0.05) is 6.07 Å². The van der Waals surface area contributed by atoms with E-state index >= 15 is 0 Å². The van der Waals surface area contributed by atoms with Gasteiger partial charge in [-0.3, -0.25) is 5.32 Å². The molecule has 6 nitrogen and oxygen atoms in total. The van der Waals surface area contributed by atoms with Crippen LogP contribution in [-0.4, -0.2) is 21.7 Å². The number of aromatic nitrogens is 2. The Kier molecular flexibility index (Phi) is 5.60. The maximum absolute atomic E-state index is 13.0. The molecule has 1 aromatic heterocycles. The smallest absolute Gasteiger partial charge is 0.423 e. The van der Waals surface area contributed by atoms with Crippen LogP contribution in [0.1, 0.15) is 26.3 Å². The zero-order valence-electron chi connectivity index (χ0n) is 14.0. The molecule has 0 radical (unpaired) electrons. The Balaban J connectivity index is 2.22. The number of hydrogen-bond donors (Lipinski definition) is 1. The van der Waals surface area contributed by atoms with Gasteiger partial charge in [-0.2, -0.15) is 18.2 Å². The molecule has 2 aromatic rings. The largest absolute Gasteiger partial charge is 0.444 e.